The van der Waals surface area contributed by atoms with Gasteiger partial charge in [0.25, 0.3) is 0 Å². The van der Waals surface area contributed by atoms with Crippen LogP contribution in [0.5, 0.6) is 0 Å². The molecule has 1 rings (SSSR count). The highest BCUT2D eigenvalue weighted by atomic mass is 16.7. The predicted molar refractivity (Wildman–Crippen MR) is 283 cm³/mol. The van der Waals surface area contributed by atoms with Crippen molar-refractivity contribution >= 4 is 11.9 Å². The highest BCUT2D eigenvalue weighted by Gasteiger charge is 2.47. The summed E-state index contributed by atoms with van der Waals surface area (Å²) in [6.07, 6.45) is 42.3. The van der Waals surface area contributed by atoms with Crippen LogP contribution < -0.4 is 5.32 Å². The van der Waals surface area contributed by atoms with Gasteiger partial charge >= 0.3 is 5.97 Å². The van der Waals surface area contributed by atoms with Gasteiger partial charge in [-0.2, -0.15) is 0 Å². The van der Waals surface area contributed by atoms with Crippen LogP contribution >= 0.6 is 0 Å². The normalized spacial score (nSPS) is 19.9. The average molecular weight is 981 g/mol. The van der Waals surface area contributed by atoms with Crippen LogP contribution in [0.3, 0.4) is 0 Å². The molecule has 1 amide bonds. The Morgan fingerprint density at radius 1 is 0.551 bits per heavy atom. The van der Waals surface area contributed by atoms with E-state index in [2.05, 4.69) is 38.2 Å². The molecule has 0 saturated carbocycles. The van der Waals surface area contributed by atoms with Gasteiger partial charge in [-0.05, 0) is 51.4 Å². The molecule has 0 spiro atoms. The summed E-state index contributed by atoms with van der Waals surface area (Å²) in [6, 6.07) is -1.02. The molecule has 0 aliphatic carbocycles. The fraction of sp³-hybridized carbons (Fsp3) is 0.897. The lowest BCUT2D eigenvalue weighted by molar-refractivity contribution is -0.305. The lowest BCUT2D eigenvalue weighted by Gasteiger charge is -2.41. The lowest BCUT2D eigenvalue weighted by Crippen LogP contribution is -2.61. The fourth-order valence-corrected chi connectivity index (χ4v) is 9.18. The second-order valence-electron chi connectivity index (χ2n) is 20.4. The maximum absolute atomic E-state index is 13.4. The standard InChI is InChI=1S/C58H109NO10/c1-4-7-10-13-16-19-22-23-24-25-26-27-28-31-33-36-39-42-45-51(62)57(66)59-49(50(61)44-41-38-35-32-29-20-17-14-11-8-5-2)48-67-58-56(55(65)54(64)52(47-60)68-58)69-53(63)46-43-40-37-34-30-21-18-15-12-9-6-3/h23-24,41,44,49-52,54-56,58,60-62,64-65H,4-22,25-40,42-43,45-48H2,1-3H3,(H,59,66)/b24-23+,44-41+. The third-order valence-corrected chi connectivity index (χ3v) is 13.9. The van der Waals surface area contributed by atoms with Crippen molar-refractivity contribution in [2.75, 3.05) is 13.2 Å². The number of carbonyl (C=O) groups is 2. The van der Waals surface area contributed by atoms with Crippen molar-refractivity contribution in [3.05, 3.63) is 24.3 Å². The average Bonchev–Trinajstić information content (AvgIpc) is 3.34. The molecule has 1 heterocycles. The maximum atomic E-state index is 13.4. The molecule has 1 aliphatic rings. The summed E-state index contributed by atoms with van der Waals surface area (Å²) in [6.45, 7) is 5.77. The second kappa shape index (κ2) is 47.2. The Morgan fingerprint density at radius 2 is 0.957 bits per heavy atom. The Bertz CT molecular complexity index is 1220. The number of unbranched alkanes of at least 4 members (excludes halogenated alkanes) is 33. The van der Waals surface area contributed by atoms with Gasteiger partial charge in [-0.1, -0.05) is 238 Å². The molecule has 0 radical (unpaired) electrons. The highest BCUT2D eigenvalue weighted by Crippen LogP contribution is 2.26. The van der Waals surface area contributed by atoms with Gasteiger partial charge in [0.05, 0.1) is 25.4 Å². The second-order valence-corrected chi connectivity index (χ2v) is 20.4. The molecule has 1 fully saturated rings. The van der Waals surface area contributed by atoms with Crippen LogP contribution in [0.25, 0.3) is 0 Å². The van der Waals surface area contributed by atoms with E-state index in [0.717, 1.165) is 64.2 Å². The van der Waals surface area contributed by atoms with Crippen molar-refractivity contribution in [1.29, 1.82) is 0 Å². The van der Waals surface area contributed by atoms with E-state index in [1.54, 1.807) is 6.08 Å². The van der Waals surface area contributed by atoms with Gasteiger partial charge in [-0.15, -0.1) is 0 Å². The summed E-state index contributed by atoms with van der Waals surface area (Å²) in [5.74, 6) is -1.19. The number of carbonyl (C=O) groups excluding carboxylic acids is 2. The molecule has 6 N–H and O–H groups in total. The topological polar surface area (TPSA) is 175 Å². The van der Waals surface area contributed by atoms with Crippen molar-refractivity contribution < 1.29 is 49.3 Å². The largest absolute Gasteiger partial charge is 0.454 e. The summed E-state index contributed by atoms with van der Waals surface area (Å²) in [5.41, 5.74) is 0. The number of nitrogens with one attached hydrogen (secondary N) is 1. The van der Waals surface area contributed by atoms with E-state index < -0.39 is 67.4 Å². The molecule has 0 aromatic rings. The Morgan fingerprint density at radius 3 is 1.41 bits per heavy atom. The number of aliphatic hydroxyl groups is 5. The first kappa shape index (κ1) is 65.2. The van der Waals surface area contributed by atoms with E-state index in [-0.39, 0.29) is 13.0 Å². The number of rotatable bonds is 49. The van der Waals surface area contributed by atoms with Crippen molar-refractivity contribution in [2.45, 2.75) is 320 Å². The fourth-order valence-electron chi connectivity index (χ4n) is 9.18. The maximum Gasteiger partial charge on any atom is 0.306 e. The molecule has 8 atom stereocenters. The van der Waals surface area contributed by atoms with Crippen LogP contribution in [0.1, 0.15) is 271 Å². The summed E-state index contributed by atoms with van der Waals surface area (Å²) < 4.78 is 17.5. The van der Waals surface area contributed by atoms with Crippen LogP contribution in [0.15, 0.2) is 24.3 Å². The first-order valence-electron chi connectivity index (χ1n) is 29.1. The molecule has 1 aliphatic heterocycles. The number of allylic oxidation sites excluding steroid dienone is 3. The minimum absolute atomic E-state index is 0.128. The zero-order valence-corrected chi connectivity index (χ0v) is 44.7. The van der Waals surface area contributed by atoms with E-state index >= 15 is 0 Å². The Labute approximate surface area is 422 Å². The summed E-state index contributed by atoms with van der Waals surface area (Å²) in [7, 11) is 0. The molecular weight excluding hydrogens is 871 g/mol. The van der Waals surface area contributed by atoms with Gasteiger partial charge in [0, 0.05) is 6.42 Å². The van der Waals surface area contributed by atoms with Gasteiger partial charge in [0.1, 0.15) is 24.4 Å². The van der Waals surface area contributed by atoms with Crippen molar-refractivity contribution in [3.63, 3.8) is 0 Å². The SMILES string of the molecule is CCCCCCCC/C=C/CCCCCCCCCCC(O)C(=O)NC(COC1OC(CO)C(O)C(O)C1OC(=O)CCCCCCCCCCCCC)C(O)/C=C/CCCCCCCCCCC. The minimum Gasteiger partial charge on any atom is -0.454 e. The molecule has 69 heavy (non-hydrogen) atoms. The molecule has 11 heteroatoms. The monoisotopic (exact) mass is 980 g/mol. The summed E-state index contributed by atoms with van der Waals surface area (Å²) in [4.78, 5) is 26.4. The molecule has 11 nitrogen and oxygen atoms in total. The Balaban J connectivity index is 2.69. The number of amides is 1. The van der Waals surface area contributed by atoms with E-state index in [1.807, 2.05) is 6.08 Å². The number of hydrogen-bond acceptors (Lipinski definition) is 10. The highest BCUT2D eigenvalue weighted by molar-refractivity contribution is 5.80. The molecular formula is C58H109NO10. The molecule has 1 saturated heterocycles. The lowest BCUT2D eigenvalue weighted by atomic mass is 9.99. The molecule has 406 valence electrons. The summed E-state index contributed by atoms with van der Waals surface area (Å²) in [5, 5.41) is 56.7. The van der Waals surface area contributed by atoms with Crippen LogP contribution in [-0.4, -0.2) is 99.6 Å². The van der Waals surface area contributed by atoms with Crippen LogP contribution in [0.2, 0.25) is 0 Å². The van der Waals surface area contributed by atoms with Crippen LogP contribution in [-0.2, 0) is 23.8 Å². The number of hydrogen-bond donors (Lipinski definition) is 6. The van der Waals surface area contributed by atoms with Gasteiger partial charge < -0.3 is 45.1 Å². The van der Waals surface area contributed by atoms with Crippen molar-refractivity contribution in [2.24, 2.45) is 0 Å². The third-order valence-electron chi connectivity index (χ3n) is 13.9. The zero-order chi connectivity index (χ0) is 50.4. The Hall–Kier alpha value is -1.86. The first-order valence-corrected chi connectivity index (χ1v) is 29.1. The van der Waals surface area contributed by atoms with E-state index in [4.69, 9.17) is 14.2 Å². The predicted octanol–water partition coefficient (Wildman–Crippen LogP) is 12.9. The molecule has 8 unspecified atom stereocenters. The smallest absolute Gasteiger partial charge is 0.306 e. The summed E-state index contributed by atoms with van der Waals surface area (Å²) >= 11 is 0. The number of ether oxygens (including phenoxy) is 3. The Kier molecular flexibility index (Phi) is 44.5. The van der Waals surface area contributed by atoms with Gasteiger partial charge in [-0.25, -0.2) is 0 Å². The van der Waals surface area contributed by atoms with E-state index in [1.165, 1.54) is 161 Å². The number of esters is 1. The van der Waals surface area contributed by atoms with Crippen molar-refractivity contribution in [1.82, 2.24) is 5.32 Å². The minimum atomic E-state index is -1.61. The zero-order valence-electron chi connectivity index (χ0n) is 44.7. The van der Waals surface area contributed by atoms with Crippen molar-refractivity contribution in [3.8, 4) is 0 Å². The van der Waals surface area contributed by atoms with Crippen LogP contribution in [0.4, 0.5) is 0 Å². The van der Waals surface area contributed by atoms with Crippen LogP contribution in [0, 0.1) is 0 Å². The first-order chi connectivity index (χ1) is 33.7. The third kappa shape index (κ3) is 35.8. The van der Waals surface area contributed by atoms with E-state index in [0.29, 0.717) is 19.3 Å². The van der Waals surface area contributed by atoms with Gasteiger partial charge in [0.2, 0.25) is 5.91 Å². The molecule has 0 aromatic heterocycles. The van der Waals surface area contributed by atoms with Gasteiger partial charge in [0.15, 0.2) is 12.4 Å². The quantitative estimate of drug-likeness (QED) is 0.0196. The number of aliphatic hydroxyl groups excluding tert-OH is 5. The van der Waals surface area contributed by atoms with E-state index in [9.17, 15) is 35.1 Å². The van der Waals surface area contributed by atoms with Gasteiger partial charge in [-0.3, -0.25) is 9.59 Å². The molecule has 0 aromatic carbocycles. The molecule has 0 bridgehead atoms.